The molecule has 0 aliphatic heterocycles. The van der Waals surface area contributed by atoms with Crippen LogP contribution >= 0.6 is 0 Å². The van der Waals surface area contributed by atoms with Gasteiger partial charge in [0.05, 0.1) is 0 Å². The molecule has 0 N–H and O–H groups in total. The zero-order valence-electron chi connectivity index (χ0n) is 7.13. The Bertz CT molecular complexity index is 312. The first-order valence-electron chi connectivity index (χ1n) is 3.73. The molecule has 4 heteroatoms. The van der Waals surface area contributed by atoms with Crippen LogP contribution in [0.2, 0.25) is 0 Å². The number of nitrogens with zero attached hydrogens (tertiary/aromatic N) is 1. The van der Waals surface area contributed by atoms with Crippen LogP contribution in [0, 0.1) is 11.6 Å². The van der Waals surface area contributed by atoms with Gasteiger partial charge in [-0.15, -0.1) is 0 Å². The largest absolute Gasteiger partial charge is 0.399 e. The minimum Gasteiger partial charge on any atom is -0.399 e. The van der Waals surface area contributed by atoms with Crippen LogP contribution in [0.3, 0.4) is 0 Å². The number of rotatable bonds is 3. The van der Waals surface area contributed by atoms with E-state index < -0.39 is 11.6 Å². The lowest BCUT2D eigenvalue weighted by atomic mass is 10.1. The molecule has 0 aromatic heterocycles. The lowest BCUT2D eigenvalue weighted by Crippen LogP contribution is -1.93. The normalized spacial score (nSPS) is 10.7. The second-order valence-corrected chi connectivity index (χ2v) is 2.41. The maximum absolute atomic E-state index is 12.9. The predicted molar refractivity (Wildman–Crippen MR) is 45.6 cm³/mol. The summed E-state index contributed by atoms with van der Waals surface area (Å²) in [6.07, 6.45) is 1.59. The molecule has 70 valence electrons. The first-order valence-corrected chi connectivity index (χ1v) is 3.73. The smallest absolute Gasteiger partial charge is 0.126 e. The molecule has 0 heterocycles. The summed E-state index contributed by atoms with van der Waals surface area (Å²) in [7, 11) is 1.39. The monoisotopic (exact) mass is 185 g/mol. The van der Waals surface area contributed by atoms with Gasteiger partial charge in [-0.05, 0) is 23.8 Å². The number of hydrogen-bond acceptors (Lipinski definition) is 2. The zero-order valence-corrected chi connectivity index (χ0v) is 7.13. The summed E-state index contributed by atoms with van der Waals surface area (Å²) in [5.41, 5.74) is 0.265. The third-order valence-electron chi connectivity index (χ3n) is 1.50. The molecular formula is C9H9F2NO. The van der Waals surface area contributed by atoms with Crippen LogP contribution in [0.4, 0.5) is 8.78 Å². The highest BCUT2D eigenvalue weighted by Gasteiger charge is 2.01. The lowest BCUT2D eigenvalue weighted by molar-refractivity contribution is 0.214. The van der Waals surface area contributed by atoms with E-state index in [1.807, 2.05) is 0 Å². The molecule has 0 spiro atoms. The quantitative estimate of drug-likeness (QED) is 0.522. The second kappa shape index (κ2) is 4.54. The van der Waals surface area contributed by atoms with Crippen molar-refractivity contribution in [2.24, 2.45) is 5.16 Å². The van der Waals surface area contributed by atoms with Crippen molar-refractivity contribution in [3.05, 3.63) is 35.4 Å². The molecule has 0 bridgehead atoms. The number of halogens is 2. The number of benzene rings is 1. The Morgan fingerprint density at radius 1 is 1.46 bits per heavy atom. The number of hydrogen-bond donors (Lipinski definition) is 0. The molecule has 1 aromatic carbocycles. The van der Waals surface area contributed by atoms with Crippen LogP contribution in [-0.4, -0.2) is 13.3 Å². The Labute approximate surface area is 74.8 Å². The van der Waals surface area contributed by atoms with Gasteiger partial charge in [0.2, 0.25) is 0 Å². The van der Waals surface area contributed by atoms with E-state index in [0.29, 0.717) is 0 Å². The standard InChI is InChI=1S/C9H9F2NO/c1-13-12-5-4-7-6-8(10)2-3-9(7)11/h2-3,5-6H,4H2,1H3. The van der Waals surface area contributed by atoms with Gasteiger partial charge in [-0.1, -0.05) is 5.16 Å². The fourth-order valence-corrected chi connectivity index (χ4v) is 0.910. The van der Waals surface area contributed by atoms with Crippen molar-refractivity contribution in [3.8, 4) is 0 Å². The van der Waals surface area contributed by atoms with Gasteiger partial charge in [-0.25, -0.2) is 8.78 Å². The van der Waals surface area contributed by atoms with E-state index in [9.17, 15) is 8.78 Å². The third kappa shape index (κ3) is 2.82. The minimum atomic E-state index is -0.456. The van der Waals surface area contributed by atoms with Gasteiger partial charge in [0.15, 0.2) is 0 Å². The predicted octanol–water partition coefficient (Wildman–Crippen LogP) is 2.14. The second-order valence-electron chi connectivity index (χ2n) is 2.41. The molecule has 0 saturated carbocycles. The fourth-order valence-electron chi connectivity index (χ4n) is 0.910. The molecule has 0 radical (unpaired) electrons. The molecule has 0 atom stereocenters. The van der Waals surface area contributed by atoms with Crippen molar-refractivity contribution in [3.63, 3.8) is 0 Å². The molecule has 0 aliphatic carbocycles. The van der Waals surface area contributed by atoms with Crippen molar-refractivity contribution in [2.75, 3.05) is 7.11 Å². The topological polar surface area (TPSA) is 21.6 Å². The summed E-state index contributed by atoms with van der Waals surface area (Å²) in [5.74, 6) is -0.897. The Hall–Kier alpha value is -1.45. The van der Waals surface area contributed by atoms with E-state index in [1.165, 1.54) is 13.3 Å². The van der Waals surface area contributed by atoms with E-state index >= 15 is 0 Å². The summed E-state index contributed by atoms with van der Waals surface area (Å²) in [6.45, 7) is 0. The molecule has 0 aliphatic rings. The molecule has 0 saturated heterocycles. The first-order chi connectivity index (χ1) is 6.24. The summed E-state index contributed by atoms with van der Waals surface area (Å²) < 4.78 is 25.5. The molecule has 0 unspecified atom stereocenters. The van der Waals surface area contributed by atoms with Gasteiger partial charge in [0.1, 0.15) is 18.7 Å². The fraction of sp³-hybridized carbons (Fsp3) is 0.222. The van der Waals surface area contributed by atoms with E-state index in [0.717, 1.165) is 18.2 Å². The first kappa shape index (κ1) is 9.64. The van der Waals surface area contributed by atoms with Gasteiger partial charge in [0.25, 0.3) is 0 Å². The van der Waals surface area contributed by atoms with Crippen molar-refractivity contribution in [1.82, 2.24) is 0 Å². The average Bonchev–Trinajstić information content (AvgIpc) is 2.11. The summed E-state index contributed by atoms with van der Waals surface area (Å²) in [6, 6.07) is 3.30. The summed E-state index contributed by atoms with van der Waals surface area (Å²) in [5, 5.41) is 3.42. The number of oxime groups is 1. The zero-order chi connectivity index (χ0) is 9.68. The van der Waals surface area contributed by atoms with Crippen molar-refractivity contribution in [1.29, 1.82) is 0 Å². The van der Waals surface area contributed by atoms with Crippen LogP contribution in [0.25, 0.3) is 0 Å². The van der Waals surface area contributed by atoms with Gasteiger partial charge < -0.3 is 4.84 Å². The van der Waals surface area contributed by atoms with E-state index in [1.54, 1.807) is 0 Å². The molecular weight excluding hydrogens is 176 g/mol. The Balaban J connectivity index is 2.75. The van der Waals surface area contributed by atoms with E-state index in [2.05, 4.69) is 9.99 Å². The van der Waals surface area contributed by atoms with E-state index in [4.69, 9.17) is 0 Å². The van der Waals surface area contributed by atoms with Gasteiger partial charge in [0, 0.05) is 12.6 Å². The molecule has 0 fully saturated rings. The van der Waals surface area contributed by atoms with E-state index in [-0.39, 0.29) is 12.0 Å². The van der Waals surface area contributed by atoms with Crippen molar-refractivity contribution < 1.29 is 13.6 Å². The SMILES string of the molecule is CON=CCc1cc(F)ccc1F. The van der Waals surface area contributed by atoms with Gasteiger partial charge >= 0.3 is 0 Å². The lowest BCUT2D eigenvalue weighted by Gasteiger charge is -1.98. The molecule has 2 nitrogen and oxygen atoms in total. The van der Waals surface area contributed by atoms with Crippen LogP contribution < -0.4 is 0 Å². The van der Waals surface area contributed by atoms with Gasteiger partial charge in [-0.2, -0.15) is 0 Å². The van der Waals surface area contributed by atoms with Crippen molar-refractivity contribution in [2.45, 2.75) is 6.42 Å². The van der Waals surface area contributed by atoms with Crippen LogP contribution in [0.5, 0.6) is 0 Å². The van der Waals surface area contributed by atoms with Crippen LogP contribution in [0.15, 0.2) is 23.4 Å². The Morgan fingerprint density at radius 3 is 2.92 bits per heavy atom. The molecule has 13 heavy (non-hydrogen) atoms. The Kier molecular flexibility index (Phi) is 3.37. The average molecular weight is 185 g/mol. The van der Waals surface area contributed by atoms with Crippen molar-refractivity contribution >= 4 is 6.21 Å². The molecule has 1 rings (SSSR count). The highest BCUT2D eigenvalue weighted by molar-refractivity contribution is 5.60. The highest BCUT2D eigenvalue weighted by atomic mass is 19.1. The third-order valence-corrected chi connectivity index (χ3v) is 1.50. The van der Waals surface area contributed by atoms with Crippen LogP contribution in [-0.2, 0) is 11.3 Å². The summed E-state index contributed by atoms with van der Waals surface area (Å²) in [4.78, 5) is 4.39. The minimum absolute atomic E-state index is 0.220. The maximum atomic E-state index is 12.9. The highest BCUT2D eigenvalue weighted by Crippen LogP contribution is 2.09. The van der Waals surface area contributed by atoms with Gasteiger partial charge in [-0.3, -0.25) is 0 Å². The molecule has 1 aromatic rings. The maximum Gasteiger partial charge on any atom is 0.126 e. The Morgan fingerprint density at radius 2 is 2.23 bits per heavy atom. The molecule has 0 amide bonds. The van der Waals surface area contributed by atoms with Crippen LogP contribution in [0.1, 0.15) is 5.56 Å². The summed E-state index contributed by atoms with van der Waals surface area (Å²) >= 11 is 0.